The lowest BCUT2D eigenvalue weighted by Gasteiger charge is -2.02. The average Bonchev–Trinajstić information content (AvgIpc) is 2.14. The minimum absolute atomic E-state index is 0.0791. The molecule has 0 saturated carbocycles. The molecule has 76 valence electrons. The molecule has 0 atom stereocenters. The predicted molar refractivity (Wildman–Crippen MR) is 49.6 cm³/mol. The first-order valence-electron chi connectivity index (χ1n) is 4.10. The smallest absolute Gasteiger partial charge is 0.307 e. The quantitative estimate of drug-likeness (QED) is 0.515. The first-order chi connectivity index (χ1) is 6.20. The van der Waals surface area contributed by atoms with Gasteiger partial charge in [-0.05, 0) is 6.42 Å². The summed E-state index contributed by atoms with van der Waals surface area (Å²) in [5.74, 6) is 0.0759. The molecule has 0 unspecified atom stereocenters. The molecule has 0 saturated heterocycles. The fourth-order valence-electron chi connectivity index (χ4n) is 0.722. The first kappa shape index (κ1) is 12.2. The Balaban J connectivity index is 3.31. The zero-order valence-corrected chi connectivity index (χ0v) is 8.39. The lowest BCUT2D eigenvalue weighted by Crippen LogP contribution is -2.26. The number of halogens is 1. The summed E-state index contributed by atoms with van der Waals surface area (Å²) in [5.41, 5.74) is 0. The summed E-state index contributed by atoms with van der Waals surface area (Å²) in [5, 5.41) is 2.58. The van der Waals surface area contributed by atoms with Gasteiger partial charge >= 0.3 is 5.97 Å². The number of nitrogens with one attached hydrogen (secondary N) is 1. The van der Waals surface area contributed by atoms with Crippen molar-refractivity contribution in [2.75, 3.05) is 19.5 Å². The Kier molecular flexibility index (Phi) is 7.39. The molecule has 5 heteroatoms. The van der Waals surface area contributed by atoms with Crippen LogP contribution in [0.1, 0.15) is 19.3 Å². The first-order valence-corrected chi connectivity index (χ1v) is 4.63. The molecule has 0 bridgehead atoms. The molecule has 0 fully saturated rings. The number of hydrogen-bond acceptors (Lipinski definition) is 3. The number of esters is 1. The molecule has 0 aliphatic carbocycles. The SMILES string of the molecule is COC(=O)CCNC(=O)CCCCl. The standard InChI is InChI=1S/C8H14ClNO3/c1-13-8(12)4-6-10-7(11)3-2-5-9/h2-6H2,1H3,(H,10,11). The van der Waals surface area contributed by atoms with Gasteiger partial charge in [0.1, 0.15) is 0 Å². The molecule has 1 amide bonds. The lowest BCUT2D eigenvalue weighted by molar-refractivity contribution is -0.140. The highest BCUT2D eigenvalue weighted by atomic mass is 35.5. The van der Waals surface area contributed by atoms with Gasteiger partial charge in [0.25, 0.3) is 0 Å². The van der Waals surface area contributed by atoms with Crippen LogP contribution in [0.3, 0.4) is 0 Å². The molecule has 0 rings (SSSR count). The average molecular weight is 208 g/mol. The molecule has 0 aliphatic rings. The number of hydrogen-bond donors (Lipinski definition) is 1. The minimum Gasteiger partial charge on any atom is -0.469 e. The third-order valence-corrected chi connectivity index (χ3v) is 1.68. The van der Waals surface area contributed by atoms with E-state index in [9.17, 15) is 9.59 Å². The van der Waals surface area contributed by atoms with E-state index in [0.29, 0.717) is 25.3 Å². The van der Waals surface area contributed by atoms with Crippen molar-refractivity contribution in [3.63, 3.8) is 0 Å². The Morgan fingerprint density at radius 2 is 2.08 bits per heavy atom. The summed E-state index contributed by atoms with van der Waals surface area (Å²) in [7, 11) is 1.32. The van der Waals surface area contributed by atoms with Crippen molar-refractivity contribution >= 4 is 23.5 Å². The summed E-state index contributed by atoms with van der Waals surface area (Å²) in [4.78, 5) is 21.6. The molecule has 1 N–H and O–H groups in total. The van der Waals surface area contributed by atoms with E-state index in [1.54, 1.807) is 0 Å². The molecule has 0 aliphatic heterocycles. The molecule has 0 heterocycles. The van der Waals surface area contributed by atoms with Crippen LogP contribution in [0.2, 0.25) is 0 Å². The monoisotopic (exact) mass is 207 g/mol. The highest BCUT2D eigenvalue weighted by Crippen LogP contribution is 1.91. The van der Waals surface area contributed by atoms with Gasteiger partial charge in [-0.2, -0.15) is 0 Å². The van der Waals surface area contributed by atoms with Crippen LogP contribution in [-0.2, 0) is 14.3 Å². The summed E-state index contributed by atoms with van der Waals surface area (Å²) in [6.45, 7) is 0.327. The van der Waals surface area contributed by atoms with Crippen LogP contribution in [0.25, 0.3) is 0 Å². The van der Waals surface area contributed by atoms with Gasteiger partial charge in [0.05, 0.1) is 13.5 Å². The Hall–Kier alpha value is -0.770. The van der Waals surface area contributed by atoms with E-state index < -0.39 is 0 Å². The van der Waals surface area contributed by atoms with Gasteiger partial charge in [0.15, 0.2) is 0 Å². The lowest BCUT2D eigenvalue weighted by atomic mass is 10.3. The van der Waals surface area contributed by atoms with E-state index in [4.69, 9.17) is 11.6 Å². The maximum Gasteiger partial charge on any atom is 0.307 e. The maximum absolute atomic E-state index is 10.9. The summed E-state index contributed by atoms with van der Waals surface area (Å²) in [6, 6.07) is 0. The van der Waals surface area contributed by atoms with Gasteiger partial charge in [-0.15, -0.1) is 11.6 Å². The highest BCUT2D eigenvalue weighted by molar-refractivity contribution is 6.17. The number of amides is 1. The number of carbonyl (C=O) groups is 2. The zero-order valence-electron chi connectivity index (χ0n) is 7.64. The van der Waals surface area contributed by atoms with Crippen LogP contribution in [0, 0.1) is 0 Å². The largest absolute Gasteiger partial charge is 0.469 e. The van der Waals surface area contributed by atoms with E-state index in [0.717, 1.165) is 0 Å². The Bertz CT molecular complexity index is 173. The molecule has 4 nitrogen and oxygen atoms in total. The van der Waals surface area contributed by atoms with Crippen molar-refractivity contribution in [1.29, 1.82) is 0 Å². The third-order valence-electron chi connectivity index (χ3n) is 1.42. The van der Waals surface area contributed by atoms with E-state index in [2.05, 4.69) is 10.1 Å². The summed E-state index contributed by atoms with van der Waals surface area (Å²) < 4.78 is 4.40. The Labute approximate surface area is 82.6 Å². The number of rotatable bonds is 6. The molecule has 13 heavy (non-hydrogen) atoms. The van der Waals surface area contributed by atoms with E-state index in [-0.39, 0.29) is 18.3 Å². The number of carbonyl (C=O) groups excluding carboxylic acids is 2. The molecule has 0 aromatic carbocycles. The molecular weight excluding hydrogens is 194 g/mol. The topological polar surface area (TPSA) is 55.4 Å². The normalized spacial score (nSPS) is 9.38. The number of ether oxygens (including phenoxy) is 1. The fraction of sp³-hybridized carbons (Fsp3) is 0.750. The van der Waals surface area contributed by atoms with Gasteiger partial charge in [0, 0.05) is 18.8 Å². The molecule has 0 aromatic rings. The Morgan fingerprint density at radius 1 is 1.38 bits per heavy atom. The van der Waals surface area contributed by atoms with Crippen molar-refractivity contribution in [3.05, 3.63) is 0 Å². The van der Waals surface area contributed by atoms with Crippen LogP contribution < -0.4 is 5.32 Å². The van der Waals surface area contributed by atoms with Gasteiger partial charge in [0.2, 0.25) is 5.91 Å². The molecule has 0 radical (unpaired) electrons. The van der Waals surface area contributed by atoms with Crippen LogP contribution >= 0.6 is 11.6 Å². The molecular formula is C8H14ClNO3. The number of methoxy groups -OCH3 is 1. The van der Waals surface area contributed by atoms with Crippen molar-refractivity contribution in [2.45, 2.75) is 19.3 Å². The van der Waals surface area contributed by atoms with Crippen LogP contribution in [0.4, 0.5) is 0 Å². The fourth-order valence-corrected chi connectivity index (χ4v) is 0.855. The van der Waals surface area contributed by atoms with E-state index in [1.165, 1.54) is 7.11 Å². The van der Waals surface area contributed by atoms with Gasteiger partial charge < -0.3 is 10.1 Å². The minimum atomic E-state index is -0.322. The summed E-state index contributed by atoms with van der Waals surface area (Å²) in [6.07, 6.45) is 1.28. The van der Waals surface area contributed by atoms with Gasteiger partial charge in [-0.3, -0.25) is 9.59 Å². The maximum atomic E-state index is 10.9. The van der Waals surface area contributed by atoms with Gasteiger partial charge in [-0.25, -0.2) is 0 Å². The second-order valence-electron chi connectivity index (χ2n) is 2.47. The van der Waals surface area contributed by atoms with Crippen molar-refractivity contribution in [1.82, 2.24) is 5.32 Å². The predicted octanol–water partition coefficient (Wildman–Crippen LogP) is 0.685. The second kappa shape index (κ2) is 7.86. The van der Waals surface area contributed by atoms with E-state index in [1.807, 2.05) is 0 Å². The molecule has 0 spiro atoms. The highest BCUT2D eigenvalue weighted by Gasteiger charge is 2.02. The van der Waals surface area contributed by atoms with Crippen molar-refractivity contribution in [3.8, 4) is 0 Å². The van der Waals surface area contributed by atoms with Crippen LogP contribution in [0.15, 0.2) is 0 Å². The van der Waals surface area contributed by atoms with Crippen molar-refractivity contribution in [2.24, 2.45) is 0 Å². The zero-order chi connectivity index (χ0) is 10.1. The number of alkyl halides is 1. The van der Waals surface area contributed by atoms with E-state index >= 15 is 0 Å². The van der Waals surface area contributed by atoms with Crippen LogP contribution in [0.5, 0.6) is 0 Å². The third kappa shape index (κ3) is 7.59. The van der Waals surface area contributed by atoms with Crippen LogP contribution in [-0.4, -0.2) is 31.4 Å². The molecule has 0 aromatic heterocycles. The Morgan fingerprint density at radius 3 is 2.62 bits per heavy atom. The summed E-state index contributed by atoms with van der Waals surface area (Å²) >= 11 is 5.40. The second-order valence-corrected chi connectivity index (χ2v) is 2.85. The van der Waals surface area contributed by atoms with Crippen molar-refractivity contribution < 1.29 is 14.3 Å². The van der Waals surface area contributed by atoms with Gasteiger partial charge in [-0.1, -0.05) is 0 Å².